The quantitative estimate of drug-likeness (QED) is 0.672. The fraction of sp³-hybridized carbons (Fsp3) is 0.167. The van der Waals surface area contributed by atoms with E-state index in [9.17, 15) is 4.39 Å². The van der Waals surface area contributed by atoms with E-state index in [0.717, 1.165) is 15.6 Å². The Bertz CT molecular complexity index is 527. The average molecular weight is 315 g/mol. The zero-order valence-electron chi connectivity index (χ0n) is 9.21. The van der Waals surface area contributed by atoms with Gasteiger partial charge in [0.1, 0.15) is 5.82 Å². The minimum Gasteiger partial charge on any atom is -0.271 e. The highest BCUT2D eigenvalue weighted by atomic mass is 79.9. The van der Waals surface area contributed by atoms with Crippen molar-refractivity contribution in [3.8, 4) is 0 Å². The van der Waals surface area contributed by atoms with Gasteiger partial charge in [0.2, 0.25) is 0 Å². The molecule has 2 rings (SSSR count). The summed E-state index contributed by atoms with van der Waals surface area (Å²) in [6.07, 6.45) is 0. The van der Waals surface area contributed by atoms with Gasteiger partial charge in [-0.15, -0.1) is 0 Å². The third kappa shape index (κ3) is 2.57. The molecule has 0 aliphatic rings. The van der Waals surface area contributed by atoms with Crippen molar-refractivity contribution in [3.63, 3.8) is 0 Å². The molecule has 0 fully saturated rings. The summed E-state index contributed by atoms with van der Waals surface area (Å²) in [4.78, 5) is 0. The van der Waals surface area contributed by atoms with Crippen LogP contribution in [0.25, 0.3) is 0 Å². The van der Waals surface area contributed by atoms with E-state index in [1.165, 1.54) is 6.07 Å². The summed E-state index contributed by atoms with van der Waals surface area (Å²) >= 11 is 4.99. The van der Waals surface area contributed by atoms with E-state index in [4.69, 9.17) is 5.84 Å². The van der Waals surface area contributed by atoms with Crippen molar-refractivity contribution in [2.45, 2.75) is 13.0 Å². The van der Waals surface area contributed by atoms with Crippen molar-refractivity contribution in [1.82, 2.24) is 5.43 Å². The normalized spacial score (nSPS) is 12.7. The van der Waals surface area contributed by atoms with Crippen LogP contribution in [0.3, 0.4) is 0 Å². The van der Waals surface area contributed by atoms with Gasteiger partial charge < -0.3 is 0 Å². The number of benzene rings is 1. The second kappa shape index (κ2) is 5.27. The molecule has 17 heavy (non-hydrogen) atoms. The first kappa shape index (κ1) is 12.7. The van der Waals surface area contributed by atoms with Crippen LogP contribution in [0, 0.1) is 12.7 Å². The van der Waals surface area contributed by atoms with E-state index >= 15 is 0 Å². The topological polar surface area (TPSA) is 38.0 Å². The molecule has 0 saturated carbocycles. The highest BCUT2D eigenvalue weighted by Crippen LogP contribution is 2.32. The molecular formula is C12H12BrFN2S. The van der Waals surface area contributed by atoms with Gasteiger partial charge >= 0.3 is 0 Å². The van der Waals surface area contributed by atoms with Gasteiger partial charge in [-0.2, -0.15) is 11.3 Å². The summed E-state index contributed by atoms with van der Waals surface area (Å²) in [5.41, 5.74) is 5.05. The molecule has 1 aromatic carbocycles. The van der Waals surface area contributed by atoms with Crippen LogP contribution in [0.5, 0.6) is 0 Å². The van der Waals surface area contributed by atoms with Crippen LogP contribution >= 0.6 is 27.3 Å². The van der Waals surface area contributed by atoms with E-state index < -0.39 is 0 Å². The smallest absolute Gasteiger partial charge is 0.128 e. The van der Waals surface area contributed by atoms with Crippen LogP contribution in [-0.4, -0.2) is 0 Å². The Balaban J connectivity index is 2.46. The molecular weight excluding hydrogens is 303 g/mol. The van der Waals surface area contributed by atoms with Crippen molar-refractivity contribution < 1.29 is 4.39 Å². The number of aryl methyl sites for hydroxylation is 1. The number of hydrazine groups is 1. The first-order chi connectivity index (χ1) is 8.13. The molecule has 2 nitrogen and oxygen atoms in total. The van der Waals surface area contributed by atoms with Gasteiger partial charge in [0.15, 0.2) is 0 Å². The Morgan fingerprint density at radius 1 is 1.35 bits per heavy atom. The lowest BCUT2D eigenvalue weighted by molar-refractivity contribution is 0.559. The fourth-order valence-electron chi connectivity index (χ4n) is 1.71. The predicted octanol–water partition coefficient (Wildman–Crippen LogP) is 3.51. The molecule has 0 aliphatic heterocycles. The maximum absolute atomic E-state index is 13.9. The largest absolute Gasteiger partial charge is 0.271 e. The van der Waals surface area contributed by atoms with Crippen LogP contribution < -0.4 is 11.3 Å². The molecule has 0 spiro atoms. The SMILES string of the molecule is Cc1ccc(C(NN)c2cscc2Br)c(F)c1. The summed E-state index contributed by atoms with van der Waals surface area (Å²) in [6.45, 7) is 1.86. The molecule has 1 heterocycles. The molecule has 3 N–H and O–H groups in total. The molecule has 0 saturated heterocycles. The van der Waals surface area contributed by atoms with Crippen molar-refractivity contribution >= 4 is 27.3 Å². The van der Waals surface area contributed by atoms with Gasteiger partial charge in [0.05, 0.1) is 6.04 Å². The molecule has 2 aromatic rings. The Hall–Kier alpha value is -0.750. The molecule has 1 atom stereocenters. The molecule has 1 aromatic heterocycles. The molecule has 5 heteroatoms. The fourth-order valence-corrected chi connectivity index (χ4v) is 3.26. The van der Waals surface area contributed by atoms with Crippen molar-refractivity contribution in [2.24, 2.45) is 5.84 Å². The number of halogens is 2. The predicted molar refractivity (Wildman–Crippen MR) is 72.3 cm³/mol. The Kier molecular flexibility index (Phi) is 3.93. The number of hydrogen-bond donors (Lipinski definition) is 2. The average Bonchev–Trinajstić information content (AvgIpc) is 2.69. The second-order valence-corrected chi connectivity index (χ2v) is 5.40. The molecule has 0 amide bonds. The minimum atomic E-state index is -0.337. The van der Waals surface area contributed by atoms with E-state index in [2.05, 4.69) is 21.4 Å². The monoisotopic (exact) mass is 314 g/mol. The number of thiophene rings is 1. The first-order valence-electron chi connectivity index (χ1n) is 5.07. The molecule has 0 aliphatic carbocycles. The lowest BCUT2D eigenvalue weighted by Gasteiger charge is -2.17. The van der Waals surface area contributed by atoms with E-state index in [0.29, 0.717) is 5.56 Å². The summed E-state index contributed by atoms with van der Waals surface area (Å²) < 4.78 is 14.8. The molecule has 0 bridgehead atoms. The molecule has 1 unspecified atom stereocenters. The second-order valence-electron chi connectivity index (χ2n) is 3.80. The number of rotatable bonds is 3. The number of nitrogens with one attached hydrogen (secondary N) is 1. The zero-order valence-corrected chi connectivity index (χ0v) is 11.6. The third-order valence-corrected chi connectivity index (χ3v) is 4.34. The van der Waals surface area contributed by atoms with Crippen molar-refractivity contribution in [2.75, 3.05) is 0 Å². The first-order valence-corrected chi connectivity index (χ1v) is 6.81. The van der Waals surface area contributed by atoms with Gasteiger partial charge in [0, 0.05) is 15.4 Å². The lowest BCUT2D eigenvalue weighted by atomic mass is 10.00. The summed E-state index contributed by atoms with van der Waals surface area (Å²) in [5, 5.41) is 3.90. The van der Waals surface area contributed by atoms with Crippen molar-refractivity contribution in [3.05, 3.63) is 55.9 Å². The zero-order chi connectivity index (χ0) is 12.4. The van der Waals surface area contributed by atoms with E-state index in [1.54, 1.807) is 17.4 Å². The van der Waals surface area contributed by atoms with E-state index in [-0.39, 0.29) is 11.9 Å². The summed E-state index contributed by atoms with van der Waals surface area (Å²) in [6, 6.07) is 4.82. The third-order valence-electron chi connectivity index (χ3n) is 2.59. The summed E-state index contributed by atoms with van der Waals surface area (Å²) in [5.74, 6) is 5.29. The highest BCUT2D eigenvalue weighted by Gasteiger charge is 2.19. The van der Waals surface area contributed by atoms with Gasteiger partial charge in [-0.05, 0) is 45.4 Å². The van der Waals surface area contributed by atoms with Crippen LogP contribution in [0.1, 0.15) is 22.7 Å². The molecule has 90 valence electrons. The van der Waals surface area contributed by atoms with Gasteiger partial charge in [-0.3, -0.25) is 5.84 Å². The minimum absolute atomic E-state index is 0.244. The van der Waals surface area contributed by atoms with Crippen LogP contribution in [-0.2, 0) is 0 Å². The Labute approximate surface area is 112 Å². The highest BCUT2D eigenvalue weighted by molar-refractivity contribution is 9.10. The lowest BCUT2D eigenvalue weighted by Crippen LogP contribution is -2.29. The summed E-state index contributed by atoms with van der Waals surface area (Å²) in [7, 11) is 0. The number of nitrogens with two attached hydrogens (primary N) is 1. The Morgan fingerprint density at radius 3 is 2.65 bits per heavy atom. The number of hydrogen-bond acceptors (Lipinski definition) is 3. The standard InChI is InChI=1S/C12H12BrFN2S/c1-7-2-3-8(11(14)4-7)12(16-15)9-5-17-6-10(9)13/h2-6,12,16H,15H2,1H3. The maximum Gasteiger partial charge on any atom is 0.128 e. The van der Waals surface area contributed by atoms with Crippen molar-refractivity contribution in [1.29, 1.82) is 0 Å². The van der Waals surface area contributed by atoms with Crippen LogP contribution in [0.4, 0.5) is 4.39 Å². The van der Waals surface area contributed by atoms with Gasteiger partial charge in [-0.25, -0.2) is 9.82 Å². The Morgan fingerprint density at radius 2 is 2.12 bits per heavy atom. The van der Waals surface area contributed by atoms with E-state index in [1.807, 2.05) is 23.8 Å². The van der Waals surface area contributed by atoms with Gasteiger partial charge in [0.25, 0.3) is 0 Å². The maximum atomic E-state index is 13.9. The van der Waals surface area contributed by atoms with Crippen LogP contribution in [0.15, 0.2) is 33.4 Å². The van der Waals surface area contributed by atoms with Crippen LogP contribution in [0.2, 0.25) is 0 Å². The molecule has 0 radical (unpaired) electrons. The van der Waals surface area contributed by atoms with Gasteiger partial charge in [-0.1, -0.05) is 12.1 Å².